The largest absolute Gasteiger partial charge is 0.309 e. The minimum Gasteiger partial charge on any atom is -0.309 e. The van der Waals surface area contributed by atoms with E-state index in [0.717, 1.165) is 24.2 Å². The van der Waals surface area contributed by atoms with Gasteiger partial charge in [-0.15, -0.1) is 10.2 Å². The lowest BCUT2D eigenvalue weighted by molar-refractivity contribution is 0.102. The molecule has 9 heteroatoms. The Bertz CT molecular complexity index is 1270. The average molecular weight is 412 g/mol. The summed E-state index contributed by atoms with van der Waals surface area (Å²) in [5.41, 5.74) is 2.93. The molecule has 0 radical (unpaired) electrons. The van der Waals surface area contributed by atoms with Gasteiger partial charge in [-0.2, -0.15) is 0 Å². The van der Waals surface area contributed by atoms with E-state index < -0.39 is 0 Å². The molecule has 154 valence electrons. The normalized spacial score (nSPS) is 15.7. The van der Waals surface area contributed by atoms with Crippen molar-refractivity contribution in [1.82, 2.24) is 34.3 Å². The van der Waals surface area contributed by atoms with Gasteiger partial charge in [-0.05, 0) is 49.9 Å². The average Bonchev–Trinajstić information content (AvgIpc) is 3.73. The summed E-state index contributed by atoms with van der Waals surface area (Å²) in [7, 11) is 0. The van der Waals surface area contributed by atoms with Crippen molar-refractivity contribution in [3.8, 4) is 17.2 Å². The Balaban J connectivity index is 1.22. The van der Waals surface area contributed by atoms with Crippen LogP contribution in [0.15, 0.2) is 55.4 Å². The number of anilines is 1. The van der Waals surface area contributed by atoms with Crippen molar-refractivity contribution >= 4 is 11.7 Å². The first-order valence-corrected chi connectivity index (χ1v) is 10.4. The molecule has 0 bridgehead atoms. The van der Waals surface area contributed by atoms with Gasteiger partial charge in [0.1, 0.15) is 23.5 Å². The molecule has 2 aliphatic rings. The van der Waals surface area contributed by atoms with E-state index in [1.54, 1.807) is 31.0 Å². The Labute approximate surface area is 178 Å². The lowest BCUT2D eigenvalue weighted by Gasteiger charge is -2.08. The highest BCUT2D eigenvalue weighted by atomic mass is 16.1. The Morgan fingerprint density at radius 3 is 2.81 bits per heavy atom. The number of aromatic nitrogens is 7. The molecule has 4 aromatic rings. The van der Waals surface area contributed by atoms with E-state index in [2.05, 4.69) is 30.5 Å². The van der Waals surface area contributed by atoms with Gasteiger partial charge in [-0.1, -0.05) is 6.07 Å². The Morgan fingerprint density at radius 2 is 1.97 bits per heavy atom. The van der Waals surface area contributed by atoms with Crippen LogP contribution in [0.1, 0.15) is 53.8 Å². The van der Waals surface area contributed by atoms with Gasteiger partial charge >= 0.3 is 0 Å². The van der Waals surface area contributed by atoms with E-state index in [9.17, 15) is 4.79 Å². The first-order valence-electron chi connectivity index (χ1n) is 10.4. The second-order valence-electron chi connectivity index (χ2n) is 8.03. The van der Waals surface area contributed by atoms with Crippen LogP contribution >= 0.6 is 0 Å². The van der Waals surface area contributed by atoms with Gasteiger partial charge in [0.05, 0.1) is 17.7 Å². The van der Waals surface area contributed by atoms with Crippen LogP contribution < -0.4 is 5.32 Å². The number of pyridine rings is 2. The van der Waals surface area contributed by atoms with Gasteiger partial charge in [0.15, 0.2) is 5.82 Å². The monoisotopic (exact) mass is 412 g/mol. The van der Waals surface area contributed by atoms with Crippen molar-refractivity contribution in [1.29, 1.82) is 0 Å². The minimum atomic E-state index is -0.322. The fourth-order valence-corrected chi connectivity index (χ4v) is 3.63. The van der Waals surface area contributed by atoms with E-state index in [0.29, 0.717) is 35.0 Å². The predicted octanol–water partition coefficient (Wildman–Crippen LogP) is 3.39. The number of nitrogens with zero attached hydrogens (tertiary/aromatic N) is 7. The quantitative estimate of drug-likeness (QED) is 0.521. The van der Waals surface area contributed by atoms with Crippen molar-refractivity contribution in [2.24, 2.45) is 0 Å². The van der Waals surface area contributed by atoms with Crippen LogP contribution in [0.25, 0.3) is 17.2 Å². The highest BCUT2D eigenvalue weighted by molar-refractivity contribution is 6.02. The third-order valence-electron chi connectivity index (χ3n) is 5.61. The lowest BCUT2D eigenvalue weighted by Crippen LogP contribution is -2.15. The van der Waals surface area contributed by atoms with Gasteiger partial charge in [0, 0.05) is 24.4 Å². The Morgan fingerprint density at radius 1 is 1.06 bits per heavy atom. The van der Waals surface area contributed by atoms with Crippen molar-refractivity contribution in [3.05, 3.63) is 66.8 Å². The molecule has 4 heterocycles. The number of nitrogens with one attached hydrogen (secondary N) is 1. The molecule has 0 spiro atoms. The molecule has 0 atom stereocenters. The van der Waals surface area contributed by atoms with Crippen molar-refractivity contribution < 1.29 is 4.79 Å². The lowest BCUT2D eigenvalue weighted by atomic mass is 10.3. The molecule has 2 fully saturated rings. The summed E-state index contributed by atoms with van der Waals surface area (Å²) >= 11 is 0. The summed E-state index contributed by atoms with van der Waals surface area (Å²) in [4.78, 5) is 26.1. The maximum Gasteiger partial charge on any atom is 0.275 e. The SMILES string of the molecule is O=C(Nc1cccc(-c2nncn2C2CC2)n1)c1cc(-n2cnc(C3CC3)c2)ccn1. The molecule has 6 rings (SSSR count). The highest BCUT2D eigenvalue weighted by Crippen LogP contribution is 2.39. The Kier molecular flexibility index (Phi) is 4.12. The zero-order chi connectivity index (χ0) is 20.8. The molecule has 0 saturated heterocycles. The van der Waals surface area contributed by atoms with E-state index in [1.807, 2.05) is 33.5 Å². The van der Waals surface area contributed by atoms with Crippen LogP contribution in [0.5, 0.6) is 0 Å². The van der Waals surface area contributed by atoms with Gasteiger partial charge in [0.2, 0.25) is 0 Å². The number of hydrogen-bond donors (Lipinski definition) is 1. The van der Waals surface area contributed by atoms with Crippen LogP contribution in [-0.4, -0.2) is 40.2 Å². The zero-order valence-corrected chi connectivity index (χ0v) is 16.7. The molecule has 2 aliphatic carbocycles. The summed E-state index contributed by atoms with van der Waals surface area (Å²) in [5.74, 6) is 1.41. The third-order valence-corrected chi connectivity index (χ3v) is 5.61. The molecule has 0 aromatic carbocycles. The number of carbonyl (C=O) groups is 1. The maximum atomic E-state index is 12.8. The summed E-state index contributed by atoms with van der Waals surface area (Å²) in [6.45, 7) is 0. The van der Waals surface area contributed by atoms with E-state index in [1.165, 1.54) is 12.8 Å². The number of imidazole rings is 1. The van der Waals surface area contributed by atoms with Crippen LogP contribution in [0, 0.1) is 0 Å². The van der Waals surface area contributed by atoms with Gasteiger partial charge < -0.3 is 14.5 Å². The summed E-state index contributed by atoms with van der Waals surface area (Å²) in [5, 5.41) is 11.1. The van der Waals surface area contributed by atoms with E-state index in [-0.39, 0.29) is 5.91 Å². The minimum absolute atomic E-state index is 0.313. The highest BCUT2D eigenvalue weighted by Gasteiger charge is 2.27. The van der Waals surface area contributed by atoms with E-state index in [4.69, 9.17) is 0 Å². The van der Waals surface area contributed by atoms with Gasteiger partial charge in [0.25, 0.3) is 5.91 Å². The fraction of sp³-hybridized carbons (Fsp3) is 0.273. The number of rotatable bonds is 6. The molecule has 0 unspecified atom stereocenters. The molecule has 0 aliphatic heterocycles. The van der Waals surface area contributed by atoms with Crippen LogP contribution in [0.4, 0.5) is 5.82 Å². The molecule has 2 saturated carbocycles. The van der Waals surface area contributed by atoms with Crippen LogP contribution in [0.2, 0.25) is 0 Å². The molecule has 1 N–H and O–H groups in total. The van der Waals surface area contributed by atoms with Crippen molar-refractivity contribution in [2.45, 2.75) is 37.6 Å². The summed E-state index contributed by atoms with van der Waals surface area (Å²) in [6, 6.07) is 9.52. The summed E-state index contributed by atoms with van der Waals surface area (Å²) in [6.07, 6.45) is 11.8. The molecular weight excluding hydrogens is 392 g/mol. The Hall–Kier alpha value is -3.88. The van der Waals surface area contributed by atoms with Crippen molar-refractivity contribution in [2.75, 3.05) is 5.32 Å². The molecular formula is C22H20N8O. The fourth-order valence-electron chi connectivity index (χ4n) is 3.63. The second kappa shape index (κ2) is 7.12. The van der Waals surface area contributed by atoms with Crippen molar-refractivity contribution in [3.63, 3.8) is 0 Å². The molecule has 4 aromatic heterocycles. The summed E-state index contributed by atoms with van der Waals surface area (Å²) < 4.78 is 3.97. The predicted molar refractivity (Wildman–Crippen MR) is 113 cm³/mol. The first-order chi connectivity index (χ1) is 15.2. The second-order valence-corrected chi connectivity index (χ2v) is 8.03. The third kappa shape index (κ3) is 3.58. The van der Waals surface area contributed by atoms with Gasteiger partial charge in [-0.25, -0.2) is 9.97 Å². The molecule has 9 nitrogen and oxygen atoms in total. The number of hydrogen-bond acceptors (Lipinski definition) is 6. The first kappa shape index (κ1) is 17.9. The van der Waals surface area contributed by atoms with Gasteiger partial charge in [-0.3, -0.25) is 9.78 Å². The van der Waals surface area contributed by atoms with E-state index >= 15 is 0 Å². The topological polar surface area (TPSA) is 103 Å². The van der Waals surface area contributed by atoms with Crippen LogP contribution in [0.3, 0.4) is 0 Å². The number of carbonyl (C=O) groups excluding carboxylic acids is 1. The number of amides is 1. The molecule has 1 amide bonds. The molecule has 31 heavy (non-hydrogen) atoms. The zero-order valence-electron chi connectivity index (χ0n) is 16.7. The maximum absolute atomic E-state index is 12.8. The smallest absolute Gasteiger partial charge is 0.275 e. The van der Waals surface area contributed by atoms with Crippen LogP contribution in [-0.2, 0) is 0 Å². The standard InChI is InChI=1S/C22H20N8O/c31-22(18-10-16(8-9-23-18)29-11-19(24-12-29)14-4-5-14)27-20-3-1-2-17(26-20)21-28-25-13-30(21)15-6-7-15/h1-3,8-15H,4-7H2,(H,26,27,31).